The fraction of sp³-hybridized carbons (Fsp3) is 0.217. The second-order valence-corrected chi connectivity index (χ2v) is 8.61. The third-order valence-corrected chi connectivity index (χ3v) is 6.47. The number of nitrogens with zero attached hydrogens (tertiary/aromatic N) is 4. The van der Waals surface area contributed by atoms with Crippen molar-refractivity contribution in [1.29, 1.82) is 0 Å². The highest BCUT2D eigenvalue weighted by molar-refractivity contribution is 7.17. The second-order valence-electron chi connectivity index (χ2n) is 7.69. The Labute approximate surface area is 191 Å². The quantitative estimate of drug-likeness (QED) is 0.417. The van der Waals surface area contributed by atoms with E-state index in [2.05, 4.69) is 10.4 Å². The van der Waals surface area contributed by atoms with Crippen LogP contribution in [0.5, 0.6) is 0 Å². The summed E-state index contributed by atoms with van der Waals surface area (Å²) < 4.78 is 9.68. The monoisotopic (exact) mass is 463 g/mol. The first-order valence-electron chi connectivity index (χ1n) is 10.5. The Bertz CT molecular complexity index is 1600. The van der Waals surface area contributed by atoms with E-state index >= 15 is 0 Å². The summed E-state index contributed by atoms with van der Waals surface area (Å²) in [5.41, 5.74) is 2.42. The summed E-state index contributed by atoms with van der Waals surface area (Å²) in [5, 5.41) is 9.03. The van der Waals surface area contributed by atoms with E-state index in [1.54, 1.807) is 23.6 Å². The molecule has 0 aliphatic rings. The Kier molecular flexibility index (Phi) is 5.21. The van der Waals surface area contributed by atoms with Crippen molar-refractivity contribution in [3.8, 4) is 0 Å². The third-order valence-electron chi connectivity index (χ3n) is 5.58. The number of benzene rings is 1. The lowest BCUT2D eigenvalue weighted by molar-refractivity contribution is -0.117. The van der Waals surface area contributed by atoms with E-state index in [0.29, 0.717) is 16.0 Å². The number of furan rings is 1. The van der Waals surface area contributed by atoms with E-state index in [9.17, 15) is 14.4 Å². The normalized spacial score (nSPS) is 11.5. The Hall–Kier alpha value is -3.92. The lowest BCUT2D eigenvalue weighted by Crippen LogP contribution is -2.29. The van der Waals surface area contributed by atoms with Crippen molar-refractivity contribution in [1.82, 2.24) is 18.7 Å². The van der Waals surface area contributed by atoms with E-state index in [1.807, 2.05) is 32.0 Å². The molecule has 0 aliphatic carbocycles. The van der Waals surface area contributed by atoms with E-state index in [-0.39, 0.29) is 30.3 Å². The highest BCUT2D eigenvalue weighted by Gasteiger charge is 2.20. The number of hydrogen-bond acceptors (Lipinski definition) is 6. The van der Waals surface area contributed by atoms with Crippen molar-refractivity contribution < 1.29 is 9.21 Å². The number of para-hydroxylation sites is 1. The maximum Gasteiger partial charge on any atom is 0.352 e. The van der Waals surface area contributed by atoms with Crippen LogP contribution in [0.3, 0.4) is 0 Å². The summed E-state index contributed by atoms with van der Waals surface area (Å²) in [7, 11) is 0. The van der Waals surface area contributed by atoms with Gasteiger partial charge in [-0.05, 0) is 48.1 Å². The first kappa shape index (κ1) is 21.0. The first-order chi connectivity index (χ1) is 16.0. The zero-order valence-corrected chi connectivity index (χ0v) is 18.9. The molecule has 9 nitrogen and oxygen atoms in total. The van der Waals surface area contributed by atoms with E-state index in [1.165, 1.54) is 26.6 Å². The van der Waals surface area contributed by atoms with Gasteiger partial charge in [-0.1, -0.05) is 25.1 Å². The average Bonchev–Trinajstić information content (AvgIpc) is 3.54. The van der Waals surface area contributed by atoms with Crippen LogP contribution >= 0.6 is 11.3 Å². The average molecular weight is 464 g/mol. The number of nitrogens with one attached hydrogen (secondary N) is 1. The zero-order chi connectivity index (χ0) is 23.1. The van der Waals surface area contributed by atoms with Gasteiger partial charge in [0.1, 0.15) is 17.0 Å². The first-order valence-corrected chi connectivity index (χ1v) is 11.4. The molecule has 0 bridgehead atoms. The van der Waals surface area contributed by atoms with Gasteiger partial charge >= 0.3 is 5.69 Å². The fourth-order valence-electron chi connectivity index (χ4n) is 3.95. The number of carbonyl (C=O) groups is 1. The molecule has 0 fully saturated rings. The molecule has 0 spiro atoms. The van der Waals surface area contributed by atoms with E-state index in [4.69, 9.17) is 4.42 Å². The number of fused-ring (bicyclic) bond motifs is 3. The molecule has 1 amide bonds. The molecule has 4 heterocycles. The number of carbonyl (C=O) groups excluding carboxylic acids is 1. The van der Waals surface area contributed by atoms with Gasteiger partial charge < -0.3 is 9.73 Å². The van der Waals surface area contributed by atoms with Gasteiger partial charge in [0.05, 0.1) is 18.3 Å². The summed E-state index contributed by atoms with van der Waals surface area (Å²) in [6, 6.07) is 11.0. The van der Waals surface area contributed by atoms with Gasteiger partial charge in [0.25, 0.3) is 5.56 Å². The Morgan fingerprint density at radius 3 is 2.79 bits per heavy atom. The maximum atomic E-state index is 13.2. The van der Waals surface area contributed by atoms with Crippen molar-refractivity contribution in [2.24, 2.45) is 0 Å². The molecule has 0 radical (unpaired) electrons. The number of anilines is 1. The molecule has 0 unspecified atom stereocenters. The van der Waals surface area contributed by atoms with Crippen LogP contribution in [0, 0.1) is 6.92 Å². The summed E-state index contributed by atoms with van der Waals surface area (Å²) in [5.74, 6) is 0.345. The van der Waals surface area contributed by atoms with Gasteiger partial charge in [0.15, 0.2) is 0 Å². The molecular formula is C23H21N5O4S. The Morgan fingerprint density at radius 1 is 1.18 bits per heavy atom. The Balaban J connectivity index is 1.58. The third kappa shape index (κ3) is 3.58. The molecule has 5 aromatic rings. The minimum atomic E-state index is -0.489. The van der Waals surface area contributed by atoms with Crippen molar-refractivity contribution in [2.45, 2.75) is 33.4 Å². The number of aromatic nitrogens is 4. The molecule has 1 N–H and O–H groups in total. The maximum absolute atomic E-state index is 13.2. The molecule has 33 heavy (non-hydrogen) atoms. The molecule has 168 valence electrons. The molecule has 4 aromatic heterocycles. The lowest BCUT2D eigenvalue weighted by Gasteiger charge is -2.12. The smallest absolute Gasteiger partial charge is 0.352 e. The topological polar surface area (TPSA) is 104 Å². The van der Waals surface area contributed by atoms with Gasteiger partial charge in [0.2, 0.25) is 11.7 Å². The summed E-state index contributed by atoms with van der Waals surface area (Å²) in [6.07, 6.45) is 2.28. The van der Waals surface area contributed by atoms with Crippen LogP contribution in [-0.2, 0) is 24.3 Å². The molecular weight excluding hydrogens is 442 g/mol. The van der Waals surface area contributed by atoms with Crippen LogP contribution in [0.1, 0.15) is 23.8 Å². The molecule has 0 saturated carbocycles. The molecule has 1 aromatic carbocycles. The van der Waals surface area contributed by atoms with Gasteiger partial charge in [-0.15, -0.1) is 16.4 Å². The van der Waals surface area contributed by atoms with E-state index < -0.39 is 5.69 Å². The number of thiophene rings is 1. The fourth-order valence-corrected chi connectivity index (χ4v) is 4.78. The van der Waals surface area contributed by atoms with Gasteiger partial charge in [-0.2, -0.15) is 0 Å². The van der Waals surface area contributed by atoms with Gasteiger partial charge in [-0.3, -0.25) is 14.2 Å². The van der Waals surface area contributed by atoms with Crippen molar-refractivity contribution in [2.75, 3.05) is 5.32 Å². The van der Waals surface area contributed by atoms with Gasteiger partial charge in [-0.25, -0.2) is 13.9 Å². The Morgan fingerprint density at radius 2 is 2.03 bits per heavy atom. The van der Waals surface area contributed by atoms with Crippen molar-refractivity contribution in [3.63, 3.8) is 0 Å². The largest absolute Gasteiger partial charge is 0.467 e. The van der Waals surface area contributed by atoms with Gasteiger partial charge in [0, 0.05) is 5.69 Å². The molecule has 10 heteroatoms. The second kappa shape index (κ2) is 8.21. The standard InChI is InChI=1S/C23H21N5O4S/c1-3-15-7-4-6-14(2)19(15)24-18(29)13-27-23(31)28-17-9-11-33-20(17)21(30)26(22(28)25-27)12-16-8-5-10-32-16/h4-11H,3,12-13H2,1-2H3,(H,24,29). The minimum absolute atomic E-state index is 0.120. The van der Waals surface area contributed by atoms with Crippen LogP contribution in [0.25, 0.3) is 16.0 Å². The summed E-state index contributed by atoms with van der Waals surface area (Å²) in [4.78, 5) is 39.2. The van der Waals surface area contributed by atoms with Crippen LogP contribution < -0.4 is 16.6 Å². The van der Waals surface area contributed by atoms with Crippen molar-refractivity contribution in [3.05, 3.63) is 85.8 Å². The van der Waals surface area contributed by atoms with E-state index in [0.717, 1.165) is 27.9 Å². The van der Waals surface area contributed by atoms with Crippen molar-refractivity contribution >= 4 is 38.9 Å². The number of amides is 1. The lowest BCUT2D eigenvalue weighted by atomic mass is 10.1. The van der Waals surface area contributed by atoms with Crippen LogP contribution in [0.2, 0.25) is 0 Å². The number of rotatable bonds is 6. The molecule has 5 rings (SSSR count). The summed E-state index contributed by atoms with van der Waals surface area (Å²) >= 11 is 1.25. The molecule has 0 aliphatic heterocycles. The highest BCUT2D eigenvalue weighted by atomic mass is 32.1. The number of hydrogen-bond donors (Lipinski definition) is 1. The predicted octanol–water partition coefficient (Wildman–Crippen LogP) is 3.02. The molecule has 0 saturated heterocycles. The van der Waals surface area contributed by atoms with Crippen LogP contribution in [0.15, 0.2) is 62.0 Å². The summed E-state index contributed by atoms with van der Waals surface area (Å²) in [6.45, 7) is 3.78. The minimum Gasteiger partial charge on any atom is -0.467 e. The number of aryl methyl sites for hydroxylation is 2. The van der Waals surface area contributed by atoms with Crippen LogP contribution in [0.4, 0.5) is 5.69 Å². The SMILES string of the molecule is CCc1cccc(C)c1NC(=O)Cn1nc2n(Cc3ccco3)c(=O)c3sccc3n2c1=O. The zero-order valence-electron chi connectivity index (χ0n) is 18.1. The van der Waals surface area contributed by atoms with Crippen LogP contribution in [-0.4, -0.2) is 24.7 Å². The molecule has 0 atom stereocenters. The highest BCUT2D eigenvalue weighted by Crippen LogP contribution is 2.21. The predicted molar refractivity (Wildman–Crippen MR) is 126 cm³/mol.